The molecular weight excluding hydrogens is 204 g/mol. The molecule has 4 heteroatoms. The average Bonchev–Trinajstić information content (AvgIpc) is 2.17. The Hall–Kier alpha value is -1.84. The Morgan fingerprint density at radius 2 is 2.38 bits per heavy atom. The number of amides is 1. The molecule has 0 aliphatic rings. The molecule has 2 N–H and O–H groups in total. The van der Waals surface area contributed by atoms with Crippen LogP contribution in [0.5, 0.6) is 0 Å². The van der Waals surface area contributed by atoms with E-state index in [-0.39, 0.29) is 22.9 Å². The topological polar surface area (TPSA) is 62.0 Å². The molecule has 86 valence electrons. The van der Waals surface area contributed by atoms with E-state index in [9.17, 15) is 9.59 Å². The lowest BCUT2D eigenvalue weighted by Gasteiger charge is -2.11. The first kappa shape index (κ1) is 12.2. The van der Waals surface area contributed by atoms with Crippen molar-refractivity contribution in [2.45, 2.75) is 26.3 Å². The summed E-state index contributed by atoms with van der Waals surface area (Å²) in [5.74, 6) is -0.351. The monoisotopic (exact) mass is 220 g/mol. The molecule has 1 aromatic heterocycles. The normalized spacial score (nSPS) is 11.9. The minimum absolute atomic E-state index is 0.0225. The Morgan fingerprint density at radius 1 is 1.69 bits per heavy atom. The van der Waals surface area contributed by atoms with E-state index < -0.39 is 0 Å². The summed E-state index contributed by atoms with van der Waals surface area (Å²) in [4.78, 5) is 26.1. The average molecular weight is 220 g/mol. The van der Waals surface area contributed by atoms with Gasteiger partial charge in [0.1, 0.15) is 5.56 Å². The zero-order valence-electron chi connectivity index (χ0n) is 9.54. The van der Waals surface area contributed by atoms with E-state index in [0.29, 0.717) is 6.42 Å². The summed E-state index contributed by atoms with van der Waals surface area (Å²) in [6, 6.07) is 1.39. The van der Waals surface area contributed by atoms with Gasteiger partial charge in [-0.15, -0.1) is 6.58 Å². The summed E-state index contributed by atoms with van der Waals surface area (Å²) >= 11 is 0. The van der Waals surface area contributed by atoms with Gasteiger partial charge in [-0.05, 0) is 20.3 Å². The second-order valence-corrected chi connectivity index (χ2v) is 3.79. The Balaban J connectivity index is 2.81. The number of nitrogens with one attached hydrogen (secondary N) is 2. The number of carbonyl (C=O) groups is 1. The third-order valence-electron chi connectivity index (χ3n) is 2.20. The minimum Gasteiger partial charge on any atom is -0.364 e. The highest BCUT2D eigenvalue weighted by molar-refractivity contribution is 5.93. The Morgan fingerprint density at radius 3 is 2.94 bits per heavy atom. The molecule has 0 spiro atoms. The van der Waals surface area contributed by atoms with Crippen molar-refractivity contribution in [2.75, 3.05) is 0 Å². The van der Waals surface area contributed by atoms with Crippen molar-refractivity contribution >= 4 is 5.91 Å². The SMILES string of the molecule is C=CCC(C)NC(=O)c1c[nH]c(C)cc1=O. The van der Waals surface area contributed by atoms with Crippen LogP contribution in [0.3, 0.4) is 0 Å². The van der Waals surface area contributed by atoms with Crippen molar-refractivity contribution in [3.63, 3.8) is 0 Å². The zero-order valence-corrected chi connectivity index (χ0v) is 9.54. The van der Waals surface area contributed by atoms with Gasteiger partial charge in [-0.1, -0.05) is 6.08 Å². The van der Waals surface area contributed by atoms with Crippen molar-refractivity contribution in [1.29, 1.82) is 0 Å². The highest BCUT2D eigenvalue weighted by Crippen LogP contribution is 1.96. The van der Waals surface area contributed by atoms with E-state index in [1.165, 1.54) is 12.3 Å². The van der Waals surface area contributed by atoms with Crippen molar-refractivity contribution in [3.05, 3.63) is 46.4 Å². The molecule has 1 aromatic rings. The lowest BCUT2D eigenvalue weighted by atomic mass is 10.2. The molecule has 4 nitrogen and oxygen atoms in total. The molecule has 0 bridgehead atoms. The van der Waals surface area contributed by atoms with Crippen LogP contribution in [0.15, 0.2) is 29.7 Å². The van der Waals surface area contributed by atoms with Gasteiger partial charge in [0.15, 0.2) is 5.43 Å². The largest absolute Gasteiger partial charge is 0.364 e. The molecule has 1 heterocycles. The number of rotatable bonds is 4. The predicted octanol–water partition coefficient (Wildman–Crippen LogP) is 1.38. The van der Waals surface area contributed by atoms with Gasteiger partial charge < -0.3 is 10.3 Å². The van der Waals surface area contributed by atoms with E-state index in [1.807, 2.05) is 6.92 Å². The molecule has 0 radical (unpaired) electrons. The van der Waals surface area contributed by atoms with Crippen molar-refractivity contribution in [1.82, 2.24) is 10.3 Å². The fourth-order valence-electron chi connectivity index (χ4n) is 1.36. The first-order chi connectivity index (χ1) is 7.54. The maximum absolute atomic E-state index is 11.7. The van der Waals surface area contributed by atoms with Crippen LogP contribution in [0.25, 0.3) is 0 Å². The number of aryl methyl sites for hydroxylation is 1. The van der Waals surface area contributed by atoms with Crippen LogP contribution >= 0.6 is 0 Å². The molecule has 0 fully saturated rings. The molecule has 1 atom stereocenters. The second kappa shape index (κ2) is 5.30. The number of aromatic amines is 1. The van der Waals surface area contributed by atoms with Crippen LogP contribution in [0.4, 0.5) is 0 Å². The van der Waals surface area contributed by atoms with E-state index in [1.54, 1.807) is 13.0 Å². The van der Waals surface area contributed by atoms with Gasteiger partial charge in [0.2, 0.25) is 0 Å². The van der Waals surface area contributed by atoms with Gasteiger partial charge in [0.05, 0.1) is 0 Å². The van der Waals surface area contributed by atoms with Crippen LogP contribution in [0.1, 0.15) is 29.4 Å². The lowest BCUT2D eigenvalue weighted by Crippen LogP contribution is -2.35. The van der Waals surface area contributed by atoms with Crippen molar-refractivity contribution in [2.24, 2.45) is 0 Å². The van der Waals surface area contributed by atoms with Crippen LogP contribution in [-0.4, -0.2) is 16.9 Å². The lowest BCUT2D eigenvalue weighted by molar-refractivity contribution is 0.0939. The number of carbonyl (C=O) groups excluding carboxylic acids is 1. The molecule has 0 saturated carbocycles. The Kier molecular flexibility index (Phi) is 4.05. The molecule has 0 aliphatic carbocycles. The van der Waals surface area contributed by atoms with Crippen LogP contribution in [-0.2, 0) is 0 Å². The number of pyridine rings is 1. The number of aromatic nitrogens is 1. The van der Waals surface area contributed by atoms with Gasteiger partial charge in [-0.3, -0.25) is 9.59 Å². The van der Waals surface area contributed by atoms with E-state index in [2.05, 4.69) is 16.9 Å². The standard InChI is InChI=1S/C12H16N2O2/c1-4-5-8(2)14-12(16)10-7-13-9(3)6-11(10)15/h4,6-8H,1,5H2,2-3H3,(H,13,15)(H,14,16). The summed E-state index contributed by atoms with van der Waals surface area (Å²) in [7, 11) is 0. The molecule has 1 rings (SSSR count). The third kappa shape index (κ3) is 3.08. The fourth-order valence-corrected chi connectivity index (χ4v) is 1.36. The first-order valence-corrected chi connectivity index (χ1v) is 5.15. The maximum atomic E-state index is 11.7. The first-order valence-electron chi connectivity index (χ1n) is 5.15. The van der Waals surface area contributed by atoms with E-state index in [4.69, 9.17) is 0 Å². The van der Waals surface area contributed by atoms with Crippen LogP contribution < -0.4 is 10.7 Å². The maximum Gasteiger partial charge on any atom is 0.256 e. The highest BCUT2D eigenvalue weighted by atomic mass is 16.2. The molecule has 16 heavy (non-hydrogen) atoms. The van der Waals surface area contributed by atoms with E-state index in [0.717, 1.165) is 5.69 Å². The van der Waals surface area contributed by atoms with Crippen LogP contribution in [0, 0.1) is 6.92 Å². The minimum atomic E-state index is -0.351. The summed E-state index contributed by atoms with van der Waals surface area (Å²) in [5, 5.41) is 2.73. The number of hydrogen-bond acceptors (Lipinski definition) is 2. The van der Waals surface area contributed by atoms with Crippen molar-refractivity contribution in [3.8, 4) is 0 Å². The molecule has 1 unspecified atom stereocenters. The smallest absolute Gasteiger partial charge is 0.256 e. The molecular formula is C12H16N2O2. The predicted molar refractivity (Wildman–Crippen MR) is 63.5 cm³/mol. The summed E-state index contributed by atoms with van der Waals surface area (Å²) in [6.07, 6.45) is 3.84. The zero-order chi connectivity index (χ0) is 12.1. The molecule has 0 aromatic carbocycles. The molecule has 0 aliphatic heterocycles. The number of H-pyrrole nitrogens is 1. The van der Waals surface area contributed by atoms with Gasteiger partial charge >= 0.3 is 0 Å². The quantitative estimate of drug-likeness (QED) is 0.753. The Labute approximate surface area is 94.4 Å². The third-order valence-corrected chi connectivity index (χ3v) is 2.20. The van der Waals surface area contributed by atoms with E-state index >= 15 is 0 Å². The highest BCUT2D eigenvalue weighted by Gasteiger charge is 2.12. The van der Waals surface area contributed by atoms with Gasteiger partial charge in [0, 0.05) is 24.0 Å². The van der Waals surface area contributed by atoms with Gasteiger partial charge in [0.25, 0.3) is 5.91 Å². The molecule has 1 amide bonds. The summed E-state index contributed by atoms with van der Waals surface area (Å²) in [5.41, 5.74) is 0.613. The molecule has 0 saturated heterocycles. The fraction of sp³-hybridized carbons (Fsp3) is 0.333. The van der Waals surface area contributed by atoms with Crippen LogP contribution in [0.2, 0.25) is 0 Å². The van der Waals surface area contributed by atoms with Crippen molar-refractivity contribution < 1.29 is 4.79 Å². The summed E-state index contributed by atoms with van der Waals surface area (Å²) < 4.78 is 0. The second-order valence-electron chi connectivity index (χ2n) is 3.79. The number of hydrogen-bond donors (Lipinski definition) is 2. The summed E-state index contributed by atoms with van der Waals surface area (Å²) in [6.45, 7) is 7.22. The van der Waals surface area contributed by atoms with Gasteiger partial charge in [-0.25, -0.2) is 0 Å². The Bertz CT molecular complexity index is 449. The van der Waals surface area contributed by atoms with Gasteiger partial charge in [-0.2, -0.15) is 0 Å².